The highest BCUT2D eigenvalue weighted by Gasteiger charge is 2.21. The van der Waals surface area contributed by atoms with Crippen LogP contribution in [0.4, 0.5) is 0 Å². The molecule has 10 aromatic rings. The third-order valence-corrected chi connectivity index (χ3v) is 11.2. The number of aromatic nitrogens is 1. The molecule has 9 aromatic carbocycles. The molecule has 0 radical (unpaired) electrons. The lowest BCUT2D eigenvalue weighted by Crippen LogP contribution is -2.10. The van der Waals surface area contributed by atoms with E-state index in [0.717, 1.165) is 6.54 Å². The molecule has 0 unspecified atom stereocenters. The molecule has 0 saturated heterocycles. The zero-order valence-corrected chi connectivity index (χ0v) is 29.1. The average molecular weight is 675 g/mol. The molecule has 1 aliphatic heterocycles. The lowest BCUT2D eigenvalue weighted by Gasteiger charge is -2.20. The van der Waals surface area contributed by atoms with Gasteiger partial charge in [0.2, 0.25) is 0 Å². The molecule has 0 spiro atoms. The van der Waals surface area contributed by atoms with E-state index in [1.807, 2.05) is 0 Å². The van der Waals surface area contributed by atoms with Gasteiger partial charge >= 0.3 is 0 Å². The highest BCUT2D eigenvalue weighted by atomic mass is 15.0. The summed E-state index contributed by atoms with van der Waals surface area (Å²) in [6.07, 6.45) is 4.27. The normalized spacial score (nSPS) is 12.5. The first-order valence-electron chi connectivity index (χ1n) is 18.4. The standard InChI is InChI=1S/C51H34N2/c1-2-14-37(15-3-1)53-48-27-24-35(31-46(48)47-32-52-29-28-49(47)53)38-25-26-45(40-17-7-6-16-39(38)40)51-43-20-10-8-18-41(43)50(42-19-9-11-21-44(42)51)36-23-22-33-12-4-5-13-34(33)30-36/h1-31,52H,32H2. The van der Waals surface area contributed by atoms with E-state index in [-0.39, 0.29) is 0 Å². The first-order chi connectivity index (χ1) is 26.3. The van der Waals surface area contributed by atoms with Gasteiger partial charge in [0.15, 0.2) is 0 Å². The second kappa shape index (κ2) is 11.8. The highest BCUT2D eigenvalue weighted by molar-refractivity contribution is 6.24. The fraction of sp³-hybridized carbons (Fsp3) is 0.0196. The van der Waals surface area contributed by atoms with Gasteiger partial charge in [0, 0.05) is 23.2 Å². The molecule has 1 aromatic heterocycles. The number of rotatable bonds is 4. The molecule has 0 amide bonds. The molecule has 2 heterocycles. The van der Waals surface area contributed by atoms with Gasteiger partial charge in [0.1, 0.15) is 0 Å². The number of nitrogens with one attached hydrogen (secondary N) is 1. The van der Waals surface area contributed by atoms with Crippen LogP contribution in [-0.4, -0.2) is 4.57 Å². The molecule has 248 valence electrons. The summed E-state index contributed by atoms with van der Waals surface area (Å²) in [4.78, 5) is 0. The number of hydrogen-bond donors (Lipinski definition) is 1. The SMILES string of the molecule is C1=Cc2c(c3cc(-c4ccc(-c5c6ccccc6c(-c6ccc7ccccc7c6)c6ccccc56)c5ccccc45)ccc3n2-c2ccccc2)CN1. The predicted octanol–water partition coefficient (Wildman–Crippen LogP) is 13.3. The molecule has 1 N–H and O–H groups in total. The van der Waals surface area contributed by atoms with Crippen molar-refractivity contribution >= 4 is 60.1 Å². The van der Waals surface area contributed by atoms with Crippen LogP contribution in [0.25, 0.3) is 99.1 Å². The van der Waals surface area contributed by atoms with Gasteiger partial charge in [-0.15, -0.1) is 0 Å². The van der Waals surface area contributed by atoms with Crippen molar-refractivity contribution < 1.29 is 0 Å². The van der Waals surface area contributed by atoms with Crippen LogP contribution in [0.5, 0.6) is 0 Å². The third kappa shape index (κ3) is 4.59. The van der Waals surface area contributed by atoms with Crippen LogP contribution < -0.4 is 5.32 Å². The van der Waals surface area contributed by atoms with Gasteiger partial charge in [-0.05, 0) is 119 Å². The van der Waals surface area contributed by atoms with Gasteiger partial charge in [-0.25, -0.2) is 0 Å². The average Bonchev–Trinajstić information content (AvgIpc) is 3.56. The van der Waals surface area contributed by atoms with Gasteiger partial charge in [-0.2, -0.15) is 0 Å². The van der Waals surface area contributed by atoms with Crippen LogP contribution in [0.3, 0.4) is 0 Å². The van der Waals surface area contributed by atoms with Crippen molar-refractivity contribution in [2.24, 2.45) is 0 Å². The molecule has 2 heteroatoms. The van der Waals surface area contributed by atoms with Crippen molar-refractivity contribution in [2.45, 2.75) is 6.54 Å². The molecule has 0 aliphatic carbocycles. The maximum absolute atomic E-state index is 3.47. The van der Waals surface area contributed by atoms with Gasteiger partial charge in [0.05, 0.1) is 11.2 Å². The Hall–Kier alpha value is -6.90. The summed E-state index contributed by atoms with van der Waals surface area (Å²) in [6, 6.07) is 64.8. The third-order valence-electron chi connectivity index (χ3n) is 11.2. The van der Waals surface area contributed by atoms with E-state index in [1.54, 1.807) is 0 Å². The van der Waals surface area contributed by atoms with E-state index in [4.69, 9.17) is 0 Å². The molecule has 0 saturated carbocycles. The summed E-state index contributed by atoms with van der Waals surface area (Å²) >= 11 is 0. The van der Waals surface area contributed by atoms with Crippen molar-refractivity contribution in [2.75, 3.05) is 0 Å². The van der Waals surface area contributed by atoms with Crippen molar-refractivity contribution in [1.82, 2.24) is 9.88 Å². The minimum absolute atomic E-state index is 0.806. The van der Waals surface area contributed by atoms with Crippen LogP contribution in [-0.2, 0) is 6.54 Å². The quantitative estimate of drug-likeness (QED) is 0.184. The van der Waals surface area contributed by atoms with E-state index < -0.39 is 0 Å². The Labute approximate surface area is 307 Å². The minimum Gasteiger partial charge on any atom is -0.387 e. The Bertz CT molecular complexity index is 3050. The van der Waals surface area contributed by atoms with Gasteiger partial charge in [-0.1, -0.05) is 146 Å². The largest absolute Gasteiger partial charge is 0.387 e. The molecule has 53 heavy (non-hydrogen) atoms. The van der Waals surface area contributed by atoms with Crippen molar-refractivity contribution in [3.05, 3.63) is 193 Å². The van der Waals surface area contributed by atoms with Crippen molar-refractivity contribution in [3.8, 4) is 39.1 Å². The lowest BCUT2D eigenvalue weighted by molar-refractivity contribution is 0.855. The maximum Gasteiger partial charge on any atom is 0.0538 e. The summed E-state index contributed by atoms with van der Waals surface area (Å²) in [6.45, 7) is 0.806. The summed E-state index contributed by atoms with van der Waals surface area (Å²) in [5.41, 5.74) is 12.5. The van der Waals surface area contributed by atoms with Gasteiger partial charge in [0.25, 0.3) is 0 Å². The monoisotopic (exact) mass is 674 g/mol. The van der Waals surface area contributed by atoms with E-state index in [9.17, 15) is 0 Å². The lowest BCUT2D eigenvalue weighted by atomic mass is 9.83. The smallest absolute Gasteiger partial charge is 0.0538 e. The predicted molar refractivity (Wildman–Crippen MR) is 225 cm³/mol. The molecule has 11 rings (SSSR count). The number of hydrogen-bond acceptors (Lipinski definition) is 1. The highest BCUT2D eigenvalue weighted by Crippen LogP contribution is 2.47. The molecule has 1 aliphatic rings. The molecule has 0 fully saturated rings. The molecule has 0 atom stereocenters. The Morgan fingerprint density at radius 3 is 1.74 bits per heavy atom. The Kier molecular flexibility index (Phi) is 6.65. The zero-order valence-electron chi connectivity index (χ0n) is 29.1. The Balaban J connectivity index is 1.14. The van der Waals surface area contributed by atoms with Crippen LogP contribution in [0.2, 0.25) is 0 Å². The number of nitrogens with zero attached hydrogens (tertiary/aromatic N) is 1. The fourth-order valence-electron chi connectivity index (χ4n) is 8.90. The van der Waals surface area contributed by atoms with Crippen LogP contribution in [0.15, 0.2) is 182 Å². The van der Waals surface area contributed by atoms with Crippen LogP contribution in [0.1, 0.15) is 11.3 Å². The van der Waals surface area contributed by atoms with Gasteiger partial charge < -0.3 is 9.88 Å². The van der Waals surface area contributed by atoms with E-state index in [1.165, 1.54) is 104 Å². The number of fused-ring (bicyclic) bond motifs is 7. The van der Waals surface area contributed by atoms with Crippen LogP contribution >= 0.6 is 0 Å². The summed E-state index contributed by atoms with van der Waals surface area (Å²) < 4.78 is 2.39. The first kappa shape index (κ1) is 29.8. The first-order valence-corrected chi connectivity index (χ1v) is 18.4. The van der Waals surface area contributed by atoms with E-state index in [0.29, 0.717) is 0 Å². The fourth-order valence-corrected chi connectivity index (χ4v) is 8.90. The van der Waals surface area contributed by atoms with E-state index >= 15 is 0 Å². The molecular formula is C51H34N2. The van der Waals surface area contributed by atoms with Crippen molar-refractivity contribution in [3.63, 3.8) is 0 Å². The topological polar surface area (TPSA) is 17.0 Å². The maximum atomic E-state index is 3.47. The van der Waals surface area contributed by atoms with Crippen LogP contribution in [0, 0.1) is 0 Å². The summed E-state index contributed by atoms with van der Waals surface area (Å²) in [5, 5.41) is 14.9. The Morgan fingerprint density at radius 1 is 0.415 bits per heavy atom. The van der Waals surface area contributed by atoms with E-state index in [2.05, 4.69) is 198 Å². The minimum atomic E-state index is 0.806. The Morgan fingerprint density at radius 2 is 1.00 bits per heavy atom. The second-order valence-corrected chi connectivity index (χ2v) is 14.1. The second-order valence-electron chi connectivity index (χ2n) is 14.1. The summed E-state index contributed by atoms with van der Waals surface area (Å²) in [7, 11) is 0. The number of para-hydroxylation sites is 1. The number of benzene rings is 9. The molecule has 0 bridgehead atoms. The zero-order chi connectivity index (χ0) is 34.9. The summed E-state index contributed by atoms with van der Waals surface area (Å²) in [5.74, 6) is 0. The van der Waals surface area contributed by atoms with Gasteiger partial charge in [-0.3, -0.25) is 0 Å². The molecule has 2 nitrogen and oxygen atoms in total. The molecular weight excluding hydrogens is 641 g/mol. The van der Waals surface area contributed by atoms with Crippen molar-refractivity contribution in [1.29, 1.82) is 0 Å².